The fourth-order valence-electron chi connectivity index (χ4n) is 1.53. The molecule has 1 saturated carbocycles. The molecule has 0 aromatic carbocycles. The lowest BCUT2D eigenvalue weighted by Crippen LogP contribution is -2.21. The van der Waals surface area contributed by atoms with Crippen molar-refractivity contribution in [2.75, 3.05) is 13.2 Å². The van der Waals surface area contributed by atoms with Crippen molar-refractivity contribution < 1.29 is 4.74 Å². The molecule has 0 amide bonds. The third-order valence-corrected chi connectivity index (χ3v) is 2.79. The Morgan fingerprint density at radius 1 is 1.53 bits per heavy atom. The van der Waals surface area contributed by atoms with E-state index >= 15 is 0 Å². The molecule has 5 heteroatoms. The van der Waals surface area contributed by atoms with E-state index in [1.165, 1.54) is 12.8 Å². The summed E-state index contributed by atoms with van der Waals surface area (Å²) in [5.74, 6) is 0.830. The van der Waals surface area contributed by atoms with Crippen LogP contribution < -0.4 is 5.32 Å². The number of nitrogens with one attached hydrogen (secondary N) is 1. The summed E-state index contributed by atoms with van der Waals surface area (Å²) in [5, 5.41) is 11.5. The molecule has 0 aliphatic heterocycles. The lowest BCUT2D eigenvalue weighted by atomic mass is 10.3. The Morgan fingerprint density at radius 2 is 2.35 bits per heavy atom. The average Bonchev–Trinajstić information content (AvgIpc) is 3.01. The van der Waals surface area contributed by atoms with Crippen LogP contribution in [0.15, 0.2) is 6.20 Å². The quantitative estimate of drug-likeness (QED) is 0.691. The molecule has 1 heterocycles. The third kappa shape index (κ3) is 4.83. The summed E-state index contributed by atoms with van der Waals surface area (Å²) in [6.07, 6.45) is 4.67. The van der Waals surface area contributed by atoms with Gasteiger partial charge in [-0.15, -0.1) is 5.10 Å². The molecule has 0 saturated heterocycles. The van der Waals surface area contributed by atoms with E-state index in [1.54, 1.807) is 0 Å². The first-order chi connectivity index (χ1) is 8.24. The van der Waals surface area contributed by atoms with Crippen molar-refractivity contribution >= 4 is 0 Å². The van der Waals surface area contributed by atoms with E-state index < -0.39 is 0 Å². The summed E-state index contributed by atoms with van der Waals surface area (Å²) < 4.78 is 7.42. The zero-order valence-electron chi connectivity index (χ0n) is 10.7. The molecular weight excluding hydrogens is 216 g/mol. The van der Waals surface area contributed by atoms with Gasteiger partial charge in [0.05, 0.1) is 18.8 Å². The van der Waals surface area contributed by atoms with Gasteiger partial charge >= 0.3 is 0 Å². The number of aromatic nitrogens is 3. The Kier molecular flexibility index (Phi) is 4.50. The zero-order chi connectivity index (χ0) is 12.1. The molecule has 1 aliphatic rings. The van der Waals surface area contributed by atoms with Gasteiger partial charge in [0, 0.05) is 25.4 Å². The minimum Gasteiger partial charge on any atom is -0.379 e. The van der Waals surface area contributed by atoms with Gasteiger partial charge in [-0.25, -0.2) is 4.68 Å². The zero-order valence-corrected chi connectivity index (χ0v) is 10.7. The minimum atomic E-state index is 0.474. The van der Waals surface area contributed by atoms with Crippen LogP contribution in [0.5, 0.6) is 0 Å². The van der Waals surface area contributed by atoms with Crippen molar-refractivity contribution in [2.45, 2.75) is 45.8 Å². The Balaban J connectivity index is 1.62. The molecular formula is C12H22N4O. The fraction of sp³-hybridized carbons (Fsp3) is 0.833. The second-order valence-electron chi connectivity index (χ2n) is 5.03. The van der Waals surface area contributed by atoms with Gasteiger partial charge < -0.3 is 10.1 Å². The van der Waals surface area contributed by atoms with Crippen LogP contribution in [0, 0.1) is 5.92 Å². The van der Waals surface area contributed by atoms with Crippen LogP contribution >= 0.6 is 0 Å². The molecule has 1 N–H and O–H groups in total. The van der Waals surface area contributed by atoms with Crippen LogP contribution in [0.1, 0.15) is 32.4 Å². The van der Waals surface area contributed by atoms with Crippen LogP contribution in [0.3, 0.4) is 0 Å². The molecule has 0 unspecified atom stereocenters. The standard InChI is InChI=1S/C12H22N4O/c1-10(2)13-7-12-8-16(15-14-12)5-6-17-9-11-3-4-11/h8,10-11,13H,3-7,9H2,1-2H3. The molecule has 2 rings (SSSR count). The highest BCUT2D eigenvalue weighted by molar-refractivity contribution is 4.91. The molecule has 1 aliphatic carbocycles. The molecule has 5 nitrogen and oxygen atoms in total. The van der Waals surface area contributed by atoms with Gasteiger partial charge in [-0.3, -0.25) is 0 Å². The number of hydrogen-bond acceptors (Lipinski definition) is 4. The summed E-state index contributed by atoms with van der Waals surface area (Å²) in [5.41, 5.74) is 0.987. The maximum absolute atomic E-state index is 5.56. The van der Waals surface area contributed by atoms with Crippen LogP contribution in [-0.2, 0) is 17.8 Å². The number of nitrogens with zero attached hydrogens (tertiary/aromatic N) is 3. The Morgan fingerprint density at radius 3 is 3.06 bits per heavy atom. The summed E-state index contributed by atoms with van der Waals surface area (Å²) in [7, 11) is 0. The second kappa shape index (κ2) is 6.12. The van der Waals surface area contributed by atoms with Gasteiger partial charge in [0.1, 0.15) is 0 Å². The van der Waals surface area contributed by atoms with E-state index in [0.29, 0.717) is 6.04 Å². The lowest BCUT2D eigenvalue weighted by molar-refractivity contribution is 0.114. The van der Waals surface area contributed by atoms with Crippen molar-refractivity contribution in [1.82, 2.24) is 20.3 Å². The third-order valence-electron chi connectivity index (χ3n) is 2.79. The lowest BCUT2D eigenvalue weighted by Gasteiger charge is -2.04. The topological polar surface area (TPSA) is 52.0 Å². The van der Waals surface area contributed by atoms with Crippen LogP contribution in [0.4, 0.5) is 0 Å². The van der Waals surface area contributed by atoms with Crippen LogP contribution in [-0.4, -0.2) is 34.2 Å². The van der Waals surface area contributed by atoms with E-state index in [-0.39, 0.29) is 0 Å². The van der Waals surface area contributed by atoms with E-state index in [0.717, 1.165) is 37.9 Å². The first-order valence-electron chi connectivity index (χ1n) is 6.44. The normalized spacial score (nSPS) is 15.7. The highest BCUT2D eigenvalue weighted by Crippen LogP contribution is 2.28. The predicted molar refractivity (Wildman–Crippen MR) is 65.5 cm³/mol. The number of ether oxygens (including phenoxy) is 1. The Bertz CT molecular complexity index is 333. The smallest absolute Gasteiger partial charge is 0.0964 e. The van der Waals surface area contributed by atoms with Crippen molar-refractivity contribution in [2.24, 2.45) is 5.92 Å². The van der Waals surface area contributed by atoms with E-state index in [9.17, 15) is 0 Å². The van der Waals surface area contributed by atoms with E-state index in [4.69, 9.17) is 4.74 Å². The minimum absolute atomic E-state index is 0.474. The average molecular weight is 238 g/mol. The van der Waals surface area contributed by atoms with E-state index in [1.807, 2.05) is 10.9 Å². The van der Waals surface area contributed by atoms with Gasteiger partial charge in [0.2, 0.25) is 0 Å². The molecule has 0 radical (unpaired) electrons. The largest absolute Gasteiger partial charge is 0.379 e. The summed E-state index contributed by atoms with van der Waals surface area (Å²) in [4.78, 5) is 0. The van der Waals surface area contributed by atoms with Crippen LogP contribution in [0.25, 0.3) is 0 Å². The van der Waals surface area contributed by atoms with Gasteiger partial charge in [-0.2, -0.15) is 0 Å². The van der Waals surface area contributed by atoms with Gasteiger partial charge in [-0.05, 0) is 18.8 Å². The van der Waals surface area contributed by atoms with Crippen molar-refractivity contribution in [3.05, 3.63) is 11.9 Å². The van der Waals surface area contributed by atoms with Crippen molar-refractivity contribution in [1.29, 1.82) is 0 Å². The molecule has 0 atom stereocenters. The molecule has 96 valence electrons. The first-order valence-corrected chi connectivity index (χ1v) is 6.44. The second-order valence-corrected chi connectivity index (χ2v) is 5.03. The fourth-order valence-corrected chi connectivity index (χ4v) is 1.53. The van der Waals surface area contributed by atoms with Gasteiger partial charge in [0.25, 0.3) is 0 Å². The highest BCUT2D eigenvalue weighted by Gasteiger charge is 2.20. The Labute approximate surface area is 103 Å². The summed E-state index contributed by atoms with van der Waals surface area (Å²) in [6.45, 7) is 7.46. The van der Waals surface area contributed by atoms with Gasteiger partial charge in [-0.1, -0.05) is 19.1 Å². The maximum Gasteiger partial charge on any atom is 0.0964 e. The predicted octanol–water partition coefficient (Wildman–Crippen LogP) is 1.20. The molecule has 1 aromatic rings. The van der Waals surface area contributed by atoms with Crippen molar-refractivity contribution in [3.8, 4) is 0 Å². The SMILES string of the molecule is CC(C)NCc1cn(CCOCC2CC2)nn1. The first kappa shape index (κ1) is 12.5. The molecule has 0 bridgehead atoms. The monoisotopic (exact) mass is 238 g/mol. The maximum atomic E-state index is 5.56. The summed E-state index contributed by atoms with van der Waals surface area (Å²) in [6, 6.07) is 0.474. The molecule has 1 aromatic heterocycles. The van der Waals surface area contributed by atoms with Gasteiger partial charge in [0.15, 0.2) is 0 Å². The molecule has 0 spiro atoms. The van der Waals surface area contributed by atoms with Crippen molar-refractivity contribution in [3.63, 3.8) is 0 Å². The summed E-state index contributed by atoms with van der Waals surface area (Å²) >= 11 is 0. The number of hydrogen-bond donors (Lipinski definition) is 1. The van der Waals surface area contributed by atoms with Crippen LogP contribution in [0.2, 0.25) is 0 Å². The number of rotatable bonds is 8. The molecule has 17 heavy (non-hydrogen) atoms. The van der Waals surface area contributed by atoms with E-state index in [2.05, 4.69) is 29.5 Å². The Hall–Kier alpha value is -0.940. The molecule has 1 fully saturated rings. The highest BCUT2D eigenvalue weighted by atomic mass is 16.5.